The molecule has 0 spiro atoms. The van der Waals surface area contributed by atoms with Crippen molar-refractivity contribution in [1.29, 1.82) is 0 Å². The minimum atomic E-state index is -2.07. The highest BCUT2D eigenvalue weighted by Gasteiger charge is 2.50. The molecule has 120 valence electrons. The van der Waals surface area contributed by atoms with E-state index in [-0.39, 0.29) is 5.60 Å². The Labute approximate surface area is 141 Å². The molecule has 0 aromatic heterocycles. The molecule has 0 amide bonds. The van der Waals surface area contributed by atoms with Crippen LogP contribution in [0.5, 0.6) is 0 Å². The van der Waals surface area contributed by atoms with Gasteiger partial charge in [0.2, 0.25) is 8.32 Å². The van der Waals surface area contributed by atoms with E-state index in [9.17, 15) is 0 Å². The molecule has 3 rings (SSSR count). The SMILES string of the molecule is CC(C)(C)O[Si]1(C)[C@@H](c2ccccc2)C=C[C@@H]1c1ccccc1. The molecule has 0 aliphatic carbocycles. The number of hydrogen-bond acceptors (Lipinski definition) is 1. The van der Waals surface area contributed by atoms with Crippen LogP contribution in [0.3, 0.4) is 0 Å². The Morgan fingerprint density at radius 2 is 1.13 bits per heavy atom. The Bertz CT molecular complexity index is 620. The second-order valence-corrected chi connectivity index (χ2v) is 11.4. The van der Waals surface area contributed by atoms with Crippen LogP contribution < -0.4 is 0 Å². The van der Waals surface area contributed by atoms with Gasteiger partial charge < -0.3 is 4.43 Å². The summed E-state index contributed by atoms with van der Waals surface area (Å²) in [6.45, 7) is 8.92. The summed E-state index contributed by atoms with van der Waals surface area (Å²) in [5, 5.41) is 0. The molecule has 2 aromatic rings. The van der Waals surface area contributed by atoms with Crippen molar-refractivity contribution in [1.82, 2.24) is 0 Å². The first kappa shape index (κ1) is 16.2. The molecule has 0 bridgehead atoms. The van der Waals surface area contributed by atoms with E-state index in [0.717, 1.165) is 0 Å². The third-order valence-corrected chi connectivity index (χ3v) is 9.15. The van der Waals surface area contributed by atoms with Crippen LogP contribution in [0, 0.1) is 0 Å². The normalized spacial score (nSPS) is 23.1. The van der Waals surface area contributed by atoms with Gasteiger partial charge in [0.15, 0.2) is 0 Å². The second kappa shape index (κ2) is 6.10. The predicted octanol–water partition coefficient (Wildman–Crippen LogP) is 5.59. The molecule has 0 saturated carbocycles. The van der Waals surface area contributed by atoms with E-state index in [1.165, 1.54) is 11.1 Å². The highest BCUT2D eigenvalue weighted by molar-refractivity contribution is 6.77. The van der Waals surface area contributed by atoms with Gasteiger partial charge >= 0.3 is 0 Å². The molecule has 0 fully saturated rings. The van der Waals surface area contributed by atoms with Crippen molar-refractivity contribution in [3.63, 3.8) is 0 Å². The highest BCUT2D eigenvalue weighted by Crippen LogP contribution is 2.47. The Hall–Kier alpha value is -1.64. The zero-order valence-corrected chi connectivity index (χ0v) is 15.5. The van der Waals surface area contributed by atoms with Crippen LogP contribution >= 0.6 is 0 Å². The Kier molecular flexibility index (Phi) is 4.30. The summed E-state index contributed by atoms with van der Waals surface area (Å²) < 4.78 is 6.80. The van der Waals surface area contributed by atoms with Crippen LogP contribution in [0.4, 0.5) is 0 Å². The lowest BCUT2D eigenvalue weighted by Gasteiger charge is -2.40. The number of allylic oxidation sites excluding steroid dienone is 2. The maximum absolute atomic E-state index is 6.80. The fourth-order valence-corrected chi connectivity index (χ4v) is 8.44. The van der Waals surface area contributed by atoms with E-state index in [1.807, 2.05) is 0 Å². The summed E-state index contributed by atoms with van der Waals surface area (Å²) in [6.07, 6.45) is 4.76. The summed E-state index contributed by atoms with van der Waals surface area (Å²) in [7, 11) is -2.07. The zero-order valence-electron chi connectivity index (χ0n) is 14.5. The van der Waals surface area contributed by atoms with Crippen molar-refractivity contribution in [2.24, 2.45) is 0 Å². The molecule has 1 aliphatic heterocycles. The lowest BCUT2D eigenvalue weighted by Crippen LogP contribution is -2.49. The molecule has 0 radical (unpaired) electrons. The van der Waals surface area contributed by atoms with Gasteiger partial charge in [-0.2, -0.15) is 0 Å². The summed E-state index contributed by atoms with van der Waals surface area (Å²) in [6, 6.07) is 21.6. The molecule has 2 heteroatoms. The molecule has 0 saturated heterocycles. The first-order valence-electron chi connectivity index (χ1n) is 8.38. The summed E-state index contributed by atoms with van der Waals surface area (Å²) in [4.78, 5) is 0. The van der Waals surface area contributed by atoms with Gasteiger partial charge in [-0.1, -0.05) is 72.8 Å². The van der Waals surface area contributed by atoms with E-state index in [1.54, 1.807) is 0 Å². The maximum atomic E-state index is 6.80. The van der Waals surface area contributed by atoms with Crippen LogP contribution in [-0.4, -0.2) is 13.9 Å². The van der Waals surface area contributed by atoms with Gasteiger partial charge in [0, 0.05) is 16.7 Å². The van der Waals surface area contributed by atoms with Crippen molar-refractivity contribution in [3.05, 3.63) is 83.9 Å². The molecule has 2 atom stereocenters. The largest absolute Gasteiger partial charge is 0.411 e. The van der Waals surface area contributed by atoms with Gasteiger partial charge in [0.1, 0.15) is 0 Å². The van der Waals surface area contributed by atoms with E-state index >= 15 is 0 Å². The lowest BCUT2D eigenvalue weighted by molar-refractivity contribution is 0.114. The number of benzene rings is 2. The first-order chi connectivity index (χ1) is 10.9. The zero-order chi connectivity index (χ0) is 16.5. The van der Waals surface area contributed by atoms with Crippen molar-refractivity contribution in [2.75, 3.05) is 0 Å². The Balaban J connectivity index is 2.03. The molecule has 1 nitrogen and oxygen atoms in total. The molecule has 1 aliphatic rings. The monoisotopic (exact) mass is 322 g/mol. The maximum Gasteiger partial charge on any atom is 0.212 e. The standard InChI is InChI=1S/C21H26OSi/c1-21(2,3)22-23(4)19(17-11-7-5-8-12-17)15-16-20(23)18-13-9-6-10-14-18/h5-16,19-20H,1-4H3/t19-,20-/m1/s1. The fraction of sp³-hybridized carbons (Fsp3) is 0.333. The van der Waals surface area contributed by atoms with Gasteiger partial charge in [-0.25, -0.2) is 0 Å². The minimum Gasteiger partial charge on any atom is -0.411 e. The smallest absolute Gasteiger partial charge is 0.212 e. The lowest BCUT2D eigenvalue weighted by atomic mass is 10.1. The van der Waals surface area contributed by atoms with Crippen molar-refractivity contribution < 1.29 is 4.43 Å². The fourth-order valence-electron chi connectivity index (χ4n) is 3.79. The summed E-state index contributed by atoms with van der Waals surface area (Å²) >= 11 is 0. The van der Waals surface area contributed by atoms with E-state index in [4.69, 9.17) is 4.43 Å². The van der Waals surface area contributed by atoms with Crippen LogP contribution in [-0.2, 0) is 4.43 Å². The van der Waals surface area contributed by atoms with Crippen LogP contribution in [0.1, 0.15) is 43.0 Å². The van der Waals surface area contributed by atoms with Gasteiger partial charge in [-0.15, -0.1) is 0 Å². The average Bonchev–Trinajstić information content (AvgIpc) is 2.83. The van der Waals surface area contributed by atoms with Gasteiger partial charge in [0.05, 0.1) is 0 Å². The van der Waals surface area contributed by atoms with Gasteiger partial charge in [-0.05, 0) is 38.4 Å². The van der Waals surface area contributed by atoms with Crippen LogP contribution in [0.25, 0.3) is 0 Å². The minimum absolute atomic E-state index is 0.132. The van der Waals surface area contributed by atoms with Crippen molar-refractivity contribution >= 4 is 8.32 Å². The van der Waals surface area contributed by atoms with E-state index < -0.39 is 8.32 Å². The Morgan fingerprint density at radius 1 is 0.739 bits per heavy atom. The highest BCUT2D eigenvalue weighted by atomic mass is 28.4. The van der Waals surface area contributed by atoms with Crippen LogP contribution in [0.2, 0.25) is 6.55 Å². The quantitative estimate of drug-likeness (QED) is 0.528. The number of rotatable bonds is 3. The van der Waals surface area contributed by atoms with Crippen LogP contribution in [0.15, 0.2) is 72.8 Å². The van der Waals surface area contributed by atoms with E-state index in [2.05, 4.69) is 100 Å². The first-order valence-corrected chi connectivity index (χ1v) is 10.9. The van der Waals surface area contributed by atoms with E-state index in [0.29, 0.717) is 11.1 Å². The molecular formula is C21H26OSi. The van der Waals surface area contributed by atoms with Crippen molar-refractivity contribution in [3.8, 4) is 0 Å². The third kappa shape index (κ3) is 3.33. The third-order valence-electron chi connectivity index (χ3n) is 4.57. The molecule has 1 heterocycles. The summed E-state index contributed by atoms with van der Waals surface area (Å²) in [5.41, 5.74) is 3.41. The molecule has 0 unspecified atom stereocenters. The Morgan fingerprint density at radius 3 is 1.48 bits per heavy atom. The summed E-state index contributed by atoms with van der Waals surface area (Å²) in [5.74, 6) is 0. The number of hydrogen-bond donors (Lipinski definition) is 0. The van der Waals surface area contributed by atoms with Gasteiger partial charge in [-0.3, -0.25) is 0 Å². The molecule has 0 N–H and O–H groups in total. The average molecular weight is 323 g/mol. The molecule has 23 heavy (non-hydrogen) atoms. The predicted molar refractivity (Wildman–Crippen MR) is 100.0 cm³/mol. The van der Waals surface area contributed by atoms with Gasteiger partial charge in [0.25, 0.3) is 0 Å². The molecular weight excluding hydrogens is 296 g/mol. The molecule has 2 aromatic carbocycles. The second-order valence-electron chi connectivity index (χ2n) is 7.56. The van der Waals surface area contributed by atoms with Crippen molar-refractivity contribution in [2.45, 2.75) is 44.0 Å². The topological polar surface area (TPSA) is 9.23 Å².